The summed E-state index contributed by atoms with van der Waals surface area (Å²) in [6.07, 6.45) is 25.9. The van der Waals surface area contributed by atoms with Gasteiger partial charge in [0, 0.05) is 6.42 Å². The summed E-state index contributed by atoms with van der Waals surface area (Å²) in [6.45, 7) is 2.26. The van der Waals surface area contributed by atoms with Gasteiger partial charge in [0.2, 0.25) is 0 Å². The van der Waals surface area contributed by atoms with Crippen LogP contribution in [-0.4, -0.2) is 22.3 Å². The molecule has 0 heterocycles. The molecule has 160 valence electrons. The summed E-state index contributed by atoms with van der Waals surface area (Å²) >= 11 is 0. The van der Waals surface area contributed by atoms with Gasteiger partial charge in [0.25, 0.3) is 0 Å². The highest BCUT2D eigenvalue weighted by Gasteiger charge is 2.01. The third-order valence-corrected chi connectivity index (χ3v) is 5.23. The minimum Gasteiger partial charge on any atom is -0.481 e. The molecule has 0 bridgehead atoms. The van der Waals surface area contributed by atoms with Crippen LogP contribution in [0.5, 0.6) is 0 Å². The van der Waals surface area contributed by atoms with E-state index in [1.807, 2.05) is 0 Å². The van der Waals surface area contributed by atoms with Gasteiger partial charge in [-0.05, 0) is 32.1 Å². The Hall–Kier alpha value is -0.830. The van der Waals surface area contributed by atoms with Crippen molar-refractivity contribution in [2.75, 3.05) is 0 Å². The molecular formula is C24H46O3. The van der Waals surface area contributed by atoms with Crippen LogP contribution in [0.2, 0.25) is 0 Å². The second kappa shape index (κ2) is 21.5. The molecule has 0 aromatic heterocycles. The van der Waals surface area contributed by atoms with E-state index < -0.39 is 5.97 Å². The SMILES string of the molecule is CCCCCCCCCC=CCC(O)CCCCCCCCCCC(=O)O. The Bertz CT molecular complexity index is 339. The Kier molecular flexibility index (Phi) is 20.8. The van der Waals surface area contributed by atoms with Crippen molar-refractivity contribution in [2.45, 2.75) is 135 Å². The Labute approximate surface area is 168 Å². The van der Waals surface area contributed by atoms with Crippen LogP contribution in [0.1, 0.15) is 129 Å². The molecule has 0 aliphatic carbocycles. The molecule has 1 atom stereocenters. The van der Waals surface area contributed by atoms with Gasteiger partial charge < -0.3 is 10.2 Å². The molecule has 0 spiro atoms. The molecule has 27 heavy (non-hydrogen) atoms. The fourth-order valence-corrected chi connectivity index (χ4v) is 3.43. The number of rotatable bonds is 21. The van der Waals surface area contributed by atoms with Crippen LogP contribution in [0.25, 0.3) is 0 Å². The number of hydrogen-bond acceptors (Lipinski definition) is 2. The molecule has 2 N–H and O–H groups in total. The minimum atomic E-state index is -0.679. The predicted octanol–water partition coefficient (Wildman–Crippen LogP) is 7.42. The lowest BCUT2D eigenvalue weighted by Crippen LogP contribution is -2.04. The molecule has 0 rings (SSSR count). The van der Waals surface area contributed by atoms with E-state index in [0.717, 1.165) is 44.9 Å². The van der Waals surface area contributed by atoms with E-state index in [-0.39, 0.29) is 6.10 Å². The van der Waals surface area contributed by atoms with Crippen LogP contribution < -0.4 is 0 Å². The largest absolute Gasteiger partial charge is 0.481 e. The van der Waals surface area contributed by atoms with Gasteiger partial charge in [0.1, 0.15) is 0 Å². The van der Waals surface area contributed by atoms with Gasteiger partial charge >= 0.3 is 5.97 Å². The molecule has 0 aliphatic rings. The molecule has 0 aromatic rings. The van der Waals surface area contributed by atoms with Crippen molar-refractivity contribution in [3.8, 4) is 0 Å². The molecule has 3 nitrogen and oxygen atoms in total. The zero-order chi connectivity index (χ0) is 20.0. The van der Waals surface area contributed by atoms with Crippen LogP contribution >= 0.6 is 0 Å². The topological polar surface area (TPSA) is 57.5 Å². The zero-order valence-electron chi connectivity index (χ0n) is 18.0. The van der Waals surface area contributed by atoms with Crippen molar-refractivity contribution in [2.24, 2.45) is 0 Å². The van der Waals surface area contributed by atoms with Gasteiger partial charge in [0.05, 0.1) is 6.10 Å². The van der Waals surface area contributed by atoms with E-state index >= 15 is 0 Å². The van der Waals surface area contributed by atoms with E-state index in [1.54, 1.807) is 0 Å². The van der Waals surface area contributed by atoms with Crippen LogP contribution in [0.15, 0.2) is 12.2 Å². The van der Waals surface area contributed by atoms with Gasteiger partial charge in [0.15, 0.2) is 0 Å². The molecule has 0 radical (unpaired) electrons. The molecule has 0 saturated heterocycles. The van der Waals surface area contributed by atoms with E-state index in [9.17, 15) is 9.90 Å². The first-order chi connectivity index (χ1) is 13.2. The number of aliphatic hydroxyl groups is 1. The molecule has 0 amide bonds. The number of unbranched alkanes of at least 4 members (excludes halogenated alkanes) is 14. The molecule has 0 aromatic carbocycles. The van der Waals surface area contributed by atoms with Crippen molar-refractivity contribution in [1.82, 2.24) is 0 Å². The summed E-state index contributed by atoms with van der Waals surface area (Å²) < 4.78 is 0. The number of hydrogen-bond donors (Lipinski definition) is 2. The van der Waals surface area contributed by atoms with Crippen molar-refractivity contribution in [3.63, 3.8) is 0 Å². The maximum absolute atomic E-state index is 10.4. The van der Waals surface area contributed by atoms with E-state index in [2.05, 4.69) is 19.1 Å². The molecule has 0 saturated carbocycles. The third-order valence-electron chi connectivity index (χ3n) is 5.23. The monoisotopic (exact) mass is 382 g/mol. The van der Waals surface area contributed by atoms with Gasteiger partial charge in [-0.1, -0.05) is 103 Å². The summed E-state index contributed by atoms with van der Waals surface area (Å²) in [6, 6.07) is 0. The highest BCUT2D eigenvalue weighted by molar-refractivity contribution is 5.66. The summed E-state index contributed by atoms with van der Waals surface area (Å²) in [4.78, 5) is 10.4. The number of allylic oxidation sites excluding steroid dienone is 1. The van der Waals surface area contributed by atoms with Crippen molar-refractivity contribution >= 4 is 5.97 Å². The first-order valence-corrected chi connectivity index (χ1v) is 11.7. The maximum atomic E-state index is 10.4. The van der Waals surface area contributed by atoms with Crippen LogP contribution in [0.4, 0.5) is 0 Å². The Balaban J connectivity index is 3.25. The van der Waals surface area contributed by atoms with Gasteiger partial charge in [-0.25, -0.2) is 0 Å². The average molecular weight is 383 g/mol. The highest BCUT2D eigenvalue weighted by Crippen LogP contribution is 2.13. The number of carbonyl (C=O) groups is 1. The third kappa shape index (κ3) is 23.1. The van der Waals surface area contributed by atoms with Crippen LogP contribution in [0, 0.1) is 0 Å². The molecule has 0 fully saturated rings. The lowest BCUT2D eigenvalue weighted by atomic mass is 10.0. The Morgan fingerprint density at radius 2 is 1.26 bits per heavy atom. The number of aliphatic carboxylic acids is 1. The van der Waals surface area contributed by atoms with Gasteiger partial charge in [-0.2, -0.15) is 0 Å². The zero-order valence-corrected chi connectivity index (χ0v) is 18.0. The molecule has 1 unspecified atom stereocenters. The lowest BCUT2D eigenvalue weighted by Gasteiger charge is -2.07. The second-order valence-electron chi connectivity index (χ2n) is 8.03. The fraction of sp³-hybridized carbons (Fsp3) is 0.875. The molecular weight excluding hydrogens is 336 g/mol. The van der Waals surface area contributed by atoms with Crippen molar-refractivity contribution in [3.05, 3.63) is 12.2 Å². The predicted molar refractivity (Wildman–Crippen MR) is 116 cm³/mol. The lowest BCUT2D eigenvalue weighted by molar-refractivity contribution is -0.137. The number of aliphatic hydroxyl groups excluding tert-OH is 1. The number of carboxylic acid groups (broad SMARTS) is 1. The van der Waals surface area contributed by atoms with Crippen molar-refractivity contribution < 1.29 is 15.0 Å². The standard InChI is InChI=1S/C24H46O3/c1-2-3-4-5-6-7-8-11-14-17-20-23(25)21-18-15-12-9-10-13-16-19-22-24(26)27/h14,17,23,25H,2-13,15-16,18-22H2,1H3,(H,26,27). The minimum absolute atomic E-state index is 0.175. The normalized spacial score (nSPS) is 12.7. The average Bonchev–Trinajstić information content (AvgIpc) is 2.64. The van der Waals surface area contributed by atoms with E-state index in [0.29, 0.717) is 6.42 Å². The Morgan fingerprint density at radius 3 is 1.85 bits per heavy atom. The summed E-state index contributed by atoms with van der Waals surface area (Å²) in [5.41, 5.74) is 0. The quantitative estimate of drug-likeness (QED) is 0.160. The van der Waals surface area contributed by atoms with Crippen LogP contribution in [-0.2, 0) is 4.79 Å². The number of carboxylic acids is 1. The molecule has 3 heteroatoms. The summed E-state index contributed by atoms with van der Waals surface area (Å²) in [7, 11) is 0. The smallest absolute Gasteiger partial charge is 0.303 e. The maximum Gasteiger partial charge on any atom is 0.303 e. The Morgan fingerprint density at radius 1 is 0.741 bits per heavy atom. The first kappa shape index (κ1) is 26.2. The second-order valence-corrected chi connectivity index (χ2v) is 8.03. The molecule has 0 aliphatic heterocycles. The van der Waals surface area contributed by atoms with Crippen molar-refractivity contribution in [1.29, 1.82) is 0 Å². The van der Waals surface area contributed by atoms with Gasteiger partial charge in [-0.15, -0.1) is 0 Å². The summed E-state index contributed by atoms with van der Waals surface area (Å²) in [5, 5.41) is 18.6. The van der Waals surface area contributed by atoms with Gasteiger partial charge in [-0.3, -0.25) is 4.79 Å². The van der Waals surface area contributed by atoms with Crippen LogP contribution in [0.3, 0.4) is 0 Å². The highest BCUT2D eigenvalue weighted by atomic mass is 16.4. The fourth-order valence-electron chi connectivity index (χ4n) is 3.43. The van der Waals surface area contributed by atoms with E-state index in [1.165, 1.54) is 70.6 Å². The van der Waals surface area contributed by atoms with E-state index in [4.69, 9.17) is 5.11 Å². The summed E-state index contributed by atoms with van der Waals surface area (Å²) in [5.74, 6) is -0.679. The first-order valence-electron chi connectivity index (χ1n) is 11.7.